The van der Waals surface area contributed by atoms with Gasteiger partial charge in [0, 0.05) is 153 Å². The monoisotopic (exact) mass is 2000 g/mol. The normalized spacial score (nSPS) is 13.0. The van der Waals surface area contributed by atoms with E-state index in [0.717, 1.165) is 0 Å². The first-order chi connectivity index (χ1) is 67.9. The molecule has 2 aromatic rings. The molecule has 7 atom stereocenters. The maximum atomic E-state index is 15.5. The maximum absolute atomic E-state index is 15.5. The average molecular weight is 2000 g/mol. The number of amides is 15. The zero-order valence-corrected chi connectivity index (χ0v) is 82.1. The van der Waals surface area contributed by atoms with Crippen molar-refractivity contribution in [2.75, 3.05) is 205 Å². The van der Waals surface area contributed by atoms with Crippen LogP contribution in [-0.4, -0.2) is 375 Å². The van der Waals surface area contributed by atoms with Gasteiger partial charge in [-0.25, -0.2) is 0 Å². The number of hydrogen-bond donors (Lipinski definition) is 31. The standard InChI is InChI=1S/C87H169N39O15/c88-47-119(48-89)39-72(127)104-32-14-7-25-65(111-76(131)43-123(55-96)56-97)81(135)108-36-18-11-27-67(115-84(138)68(113-78(133)45-125(59-100)60-101)28-9-16-34-106-74(129)41-121(51-92)52-93)83(137)110-38-20-13-31-71(87(141)118-80(63-21-3-1-4-22-63)64-23-5-2-6-24-64)117-86(140)70(116-85(139)69(114-79(134)46-126(61-102)62-103)29-10-17-35-107-75(130)42-122(53-94)54-95)30-12-19-37-109-82(136)66(112-77(132)44-124(57-98)58-99)26-8-15-33-105-73(128)40-120(49-90)50-91/h1-6,21-24,65-71,80H,7-20,25-62,88-103H2,(H,104,127)(H,105,128)(H,106,129)(H,107,130)(H,108,135)(H,109,136)(H,110,137)(H,111,131)(H,112,132)(H,113,133)(H,114,134)(H,115,138)(H,116,139)(H,117,140)(H,118,141). The molecule has 0 spiro atoms. The van der Waals surface area contributed by atoms with E-state index in [1.807, 2.05) is 24.3 Å². The molecule has 0 bridgehead atoms. The molecule has 7 unspecified atom stereocenters. The van der Waals surface area contributed by atoms with Crippen molar-refractivity contribution < 1.29 is 71.9 Å². The van der Waals surface area contributed by atoms with Crippen LogP contribution in [0, 0.1) is 0 Å². The average Bonchev–Trinajstić information content (AvgIpc) is 0.831. The van der Waals surface area contributed by atoms with E-state index in [1.165, 1.54) is 39.2 Å². The highest BCUT2D eigenvalue weighted by molar-refractivity contribution is 5.96. The fourth-order valence-electron chi connectivity index (χ4n) is 14.3. The number of rotatable bonds is 84. The second kappa shape index (κ2) is 78.1. The van der Waals surface area contributed by atoms with Crippen LogP contribution < -0.4 is 171 Å². The Morgan fingerprint density at radius 2 is 0.340 bits per heavy atom. The number of hydrogen-bond acceptors (Lipinski definition) is 39. The summed E-state index contributed by atoms with van der Waals surface area (Å²) in [7, 11) is 0. The summed E-state index contributed by atoms with van der Waals surface area (Å²) in [5.41, 5.74) is 93.7. The second-order valence-corrected chi connectivity index (χ2v) is 33.7. The molecule has 141 heavy (non-hydrogen) atoms. The molecule has 2 aromatic carbocycles. The van der Waals surface area contributed by atoms with Gasteiger partial charge >= 0.3 is 0 Å². The molecule has 0 aliphatic rings. The predicted molar refractivity (Wildman–Crippen MR) is 533 cm³/mol. The van der Waals surface area contributed by atoms with Crippen LogP contribution in [-0.2, 0) is 71.9 Å². The molecule has 0 aromatic heterocycles. The van der Waals surface area contributed by atoms with Crippen molar-refractivity contribution in [3.05, 3.63) is 71.8 Å². The summed E-state index contributed by atoms with van der Waals surface area (Å²) in [6.45, 7) is -0.771. The summed E-state index contributed by atoms with van der Waals surface area (Å²) in [5.74, 6) is -8.55. The largest absolute Gasteiger partial charge is 0.355 e. The Morgan fingerprint density at radius 1 is 0.184 bits per heavy atom. The molecule has 0 saturated heterocycles. The van der Waals surface area contributed by atoms with E-state index in [2.05, 4.69) is 79.8 Å². The van der Waals surface area contributed by atoms with Crippen LogP contribution in [0.25, 0.3) is 0 Å². The van der Waals surface area contributed by atoms with Gasteiger partial charge in [0.2, 0.25) is 88.6 Å². The van der Waals surface area contributed by atoms with Gasteiger partial charge in [-0.2, -0.15) is 0 Å². The van der Waals surface area contributed by atoms with Crippen molar-refractivity contribution in [3.8, 4) is 0 Å². The summed E-state index contributed by atoms with van der Waals surface area (Å²) < 4.78 is 0. The molecule has 0 fully saturated rings. The van der Waals surface area contributed by atoms with Gasteiger partial charge in [-0.1, -0.05) is 60.7 Å². The van der Waals surface area contributed by atoms with E-state index < -0.39 is 113 Å². The zero-order valence-electron chi connectivity index (χ0n) is 82.1. The minimum absolute atomic E-state index is 0.0195. The molecular weight excluding hydrogens is 1830 g/mol. The fraction of sp³-hybridized carbons (Fsp3) is 0.690. The van der Waals surface area contributed by atoms with E-state index >= 15 is 14.4 Å². The second-order valence-electron chi connectivity index (χ2n) is 33.7. The summed E-state index contributed by atoms with van der Waals surface area (Å²) in [6, 6.07) is 8.37. The van der Waals surface area contributed by atoms with Crippen molar-refractivity contribution in [1.82, 2.24) is 119 Å². The molecule has 0 aliphatic carbocycles. The van der Waals surface area contributed by atoms with Gasteiger partial charge in [0.15, 0.2) is 0 Å². The molecule has 47 N–H and O–H groups in total. The highest BCUT2D eigenvalue weighted by atomic mass is 16.2. The van der Waals surface area contributed by atoms with Crippen LogP contribution in [0.15, 0.2) is 60.7 Å². The van der Waals surface area contributed by atoms with Crippen LogP contribution in [0.4, 0.5) is 0 Å². The van der Waals surface area contributed by atoms with Crippen LogP contribution >= 0.6 is 0 Å². The number of carbonyl (C=O) groups is 15. The maximum Gasteiger partial charge on any atom is 0.243 e. The molecular formula is C87H169N39O15. The number of benzene rings is 2. The van der Waals surface area contributed by atoms with E-state index in [9.17, 15) is 57.5 Å². The molecule has 2 rings (SSSR count). The van der Waals surface area contributed by atoms with E-state index in [0.29, 0.717) is 49.7 Å². The Bertz CT molecular complexity index is 3830. The highest BCUT2D eigenvalue weighted by Crippen LogP contribution is 2.23. The number of nitrogens with two attached hydrogens (primary N) is 16. The third-order valence-corrected chi connectivity index (χ3v) is 22.8. The Labute approximate surface area is 827 Å². The van der Waals surface area contributed by atoms with Gasteiger partial charge in [-0.05, 0) is 146 Å². The van der Waals surface area contributed by atoms with Gasteiger partial charge in [0.25, 0.3) is 0 Å². The summed E-state index contributed by atoms with van der Waals surface area (Å²) in [6.07, 6.45) is 3.70. The quantitative estimate of drug-likeness (QED) is 0.0216. The molecule has 15 amide bonds. The van der Waals surface area contributed by atoms with Gasteiger partial charge in [0.1, 0.15) is 42.3 Å². The van der Waals surface area contributed by atoms with E-state index in [-0.39, 0.29) is 325 Å². The Kier molecular flexibility index (Phi) is 70.1. The topological polar surface area (TPSA) is 879 Å². The van der Waals surface area contributed by atoms with Gasteiger partial charge in [-0.15, -0.1) is 0 Å². The lowest BCUT2D eigenvalue weighted by atomic mass is 9.97. The van der Waals surface area contributed by atoms with Crippen molar-refractivity contribution in [2.45, 2.75) is 183 Å². The molecule has 54 heteroatoms. The van der Waals surface area contributed by atoms with Crippen molar-refractivity contribution in [2.24, 2.45) is 91.7 Å². The number of unbranched alkanes of at least 4 members (excludes halogenated alkanes) is 7. The first-order valence-electron chi connectivity index (χ1n) is 48.3. The van der Waals surface area contributed by atoms with E-state index in [4.69, 9.17) is 91.7 Å². The molecule has 54 nitrogen and oxygen atoms in total. The molecule has 0 radical (unpaired) electrons. The number of nitrogens with one attached hydrogen (secondary N) is 15. The Hall–Kier alpha value is -10.5. The van der Waals surface area contributed by atoms with Crippen molar-refractivity contribution in [3.63, 3.8) is 0 Å². The third-order valence-electron chi connectivity index (χ3n) is 22.8. The van der Waals surface area contributed by atoms with Crippen LogP contribution in [0.1, 0.15) is 152 Å². The SMILES string of the molecule is NCN(CN)CC(=O)NCCCCC(NC(=O)CN(CN)CN)C(=O)NCCCCC(NC(=O)C(CCCCNC(=O)CN(CN)CN)NC(=O)CN(CN)CN)C(=O)NCCCCC(NC(=O)C(CCCCNC(=O)C(CCCCNC(=O)CN(CN)CN)NC(=O)CN(CN)CN)NC(=O)C(CCCCNC(=O)CN(CN)CN)NC(=O)CN(CN)CN)C(=O)NC(c1ccccc1)c1ccccc1. The number of carbonyl (C=O) groups excluding carboxylic acids is 15. The third kappa shape index (κ3) is 56.2. The van der Waals surface area contributed by atoms with Crippen LogP contribution in [0.5, 0.6) is 0 Å². The van der Waals surface area contributed by atoms with Crippen LogP contribution in [0.3, 0.4) is 0 Å². The lowest BCUT2D eigenvalue weighted by Gasteiger charge is -2.28. The van der Waals surface area contributed by atoms with Gasteiger partial charge in [-0.3, -0.25) is 111 Å². The number of nitrogens with zero attached hydrogens (tertiary/aromatic N) is 8. The van der Waals surface area contributed by atoms with E-state index in [1.54, 1.807) is 36.4 Å². The fourth-order valence-corrected chi connectivity index (χ4v) is 14.3. The minimum Gasteiger partial charge on any atom is -0.355 e. The van der Waals surface area contributed by atoms with Gasteiger partial charge in [0.05, 0.1) is 58.4 Å². The smallest absolute Gasteiger partial charge is 0.243 e. The minimum atomic E-state index is -1.47. The molecule has 0 heterocycles. The van der Waals surface area contributed by atoms with Crippen molar-refractivity contribution in [1.29, 1.82) is 0 Å². The predicted octanol–water partition coefficient (Wildman–Crippen LogP) is -13.6. The molecule has 0 aliphatic heterocycles. The molecule has 0 saturated carbocycles. The Balaban J connectivity index is 2.82. The van der Waals surface area contributed by atoms with Crippen molar-refractivity contribution >= 4 is 88.6 Å². The first-order valence-corrected chi connectivity index (χ1v) is 48.3. The summed E-state index contributed by atoms with van der Waals surface area (Å²) >= 11 is 0. The van der Waals surface area contributed by atoms with Gasteiger partial charge < -0.3 is 171 Å². The highest BCUT2D eigenvalue weighted by Gasteiger charge is 2.34. The lowest BCUT2D eigenvalue weighted by Crippen LogP contribution is -2.57. The zero-order chi connectivity index (χ0) is 104. The summed E-state index contributed by atoms with van der Waals surface area (Å²) in [5, 5.41) is 42.6. The Morgan fingerprint density at radius 3 is 0.532 bits per heavy atom. The molecule has 802 valence electrons. The summed E-state index contributed by atoms with van der Waals surface area (Å²) in [4.78, 5) is 221. The van der Waals surface area contributed by atoms with Crippen LogP contribution in [0.2, 0.25) is 0 Å². The first kappa shape index (κ1) is 127. The lowest BCUT2D eigenvalue weighted by molar-refractivity contribution is -0.134.